The summed E-state index contributed by atoms with van der Waals surface area (Å²) < 4.78 is 6.00. The Balaban J connectivity index is 1.72. The number of likely N-dealkylation sites (tertiary alicyclic amines) is 1. The molecule has 1 aliphatic carbocycles. The summed E-state index contributed by atoms with van der Waals surface area (Å²) in [6.07, 6.45) is 2.83. The van der Waals surface area contributed by atoms with Gasteiger partial charge in [0.05, 0.1) is 6.10 Å². The average Bonchev–Trinajstić information content (AvgIpc) is 2.68. The van der Waals surface area contributed by atoms with E-state index in [1.807, 2.05) is 0 Å². The summed E-state index contributed by atoms with van der Waals surface area (Å²) in [6, 6.07) is 0. The minimum absolute atomic E-state index is 0.0537. The molecule has 3 nitrogen and oxygen atoms in total. The highest BCUT2D eigenvalue weighted by atomic mass is 16.5. The van der Waals surface area contributed by atoms with Crippen molar-refractivity contribution in [1.29, 1.82) is 0 Å². The van der Waals surface area contributed by atoms with E-state index in [-0.39, 0.29) is 11.0 Å². The highest BCUT2D eigenvalue weighted by molar-refractivity contribution is 5.21. The van der Waals surface area contributed by atoms with Crippen molar-refractivity contribution in [1.82, 2.24) is 4.90 Å². The van der Waals surface area contributed by atoms with E-state index >= 15 is 0 Å². The van der Waals surface area contributed by atoms with Crippen LogP contribution in [0.5, 0.6) is 0 Å². The molecule has 0 amide bonds. The van der Waals surface area contributed by atoms with Crippen molar-refractivity contribution in [3.63, 3.8) is 0 Å². The van der Waals surface area contributed by atoms with Crippen LogP contribution in [0.15, 0.2) is 0 Å². The van der Waals surface area contributed by atoms with Gasteiger partial charge in [0.15, 0.2) is 0 Å². The van der Waals surface area contributed by atoms with Crippen molar-refractivity contribution in [2.75, 3.05) is 26.2 Å². The highest BCUT2D eigenvalue weighted by Crippen LogP contribution is 2.57. The molecule has 19 heavy (non-hydrogen) atoms. The first-order valence-corrected chi connectivity index (χ1v) is 7.99. The molecule has 0 aromatic carbocycles. The van der Waals surface area contributed by atoms with Crippen LogP contribution in [-0.4, -0.2) is 42.8 Å². The molecule has 3 aliphatic rings. The zero-order valence-electron chi connectivity index (χ0n) is 13.0. The van der Waals surface area contributed by atoms with E-state index < -0.39 is 0 Å². The molecule has 3 fully saturated rings. The summed E-state index contributed by atoms with van der Waals surface area (Å²) >= 11 is 0. The Hall–Kier alpha value is -0.120. The maximum absolute atomic E-state index is 6.88. The minimum Gasteiger partial charge on any atom is -0.377 e. The molecular weight excluding hydrogens is 236 g/mol. The van der Waals surface area contributed by atoms with Gasteiger partial charge < -0.3 is 15.4 Å². The summed E-state index contributed by atoms with van der Waals surface area (Å²) in [5, 5.41) is 0. The monoisotopic (exact) mass is 266 g/mol. The summed E-state index contributed by atoms with van der Waals surface area (Å²) in [6.45, 7) is 13.8. The zero-order chi connectivity index (χ0) is 13.8. The van der Waals surface area contributed by atoms with E-state index in [4.69, 9.17) is 10.5 Å². The molecule has 2 N–H and O–H groups in total. The van der Waals surface area contributed by atoms with Gasteiger partial charge in [0, 0.05) is 43.1 Å². The Morgan fingerprint density at radius 1 is 1.21 bits per heavy atom. The van der Waals surface area contributed by atoms with E-state index in [1.54, 1.807) is 0 Å². The third kappa shape index (κ3) is 1.89. The predicted molar refractivity (Wildman–Crippen MR) is 77.9 cm³/mol. The lowest BCUT2D eigenvalue weighted by atomic mass is 9.46. The van der Waals surface area contributed by atoms with Crippen LogP contribution in [0.1, 0.15) is 40.5 Å². The Morgan fingerprint density at radius 3 is 2.47 bits per heavy atom. The van der Waals surface area contributed by atoms with Gasteiger partial charge in [-0.25, -0.2) is 0 Å². The van der Waals surface area contributed by atoms with Gasteiger partial charge in [-0.05, 0) is 24.7 Å². The Kier molecular flexibility index (Phi) is 3.23. The average molecular weight is 266 g/mol. The molecule has 0 bridgehead atoms. The molecule has 1 saturated carbocycles. The lowest BCUT2D eigenvalue weighted by molar-refractivity contribution is -0.231. The van der Waals surface area contributed by atoms with E-state index in [0.29, 0.717) is 12.0 Å². The minimum atomic E-state index is -0.0537. The number of nitrogens with two attached hydrogens (primary N) is 1. The first kappa shape index (κ1) is 13.8. The van der Waals surface area contributed by atoms with Crippen molar-refractivity contribution in [3.05, 3.63) is 0 Å². The van der Waals surface area contributed by atoms with Crippen LogP contribution in [0.3, 0.4) is 0 Å². The molecule has 0 aromatic heterocycles. The number of hydrogen-bond donors (Lipinski definition) is 1. The Morgan fingerprint density at radius 2 is 1.84 bits per heavy atom. The molecule has 0 aromatic rings. The molecule has 110 valence electrons. The van der Waals surface area contributed by atoms with Crippen molar-refractivity contribution < 1.29 is 4.74 Å². The van der Waals surface area contributed by atoms with Gasteiger partial charge in [0.1, 0.15) is 0 Å². The molecule has 2 heterocycles. The second kappa shape index (κ2) is 4.44. The third-order valence-corrected chi connectivity index (χ3v) is 6.44. The fraction of sp³-hybridized carbons (Fsp3) is 1.00. The predicted octanol–water partition coefficient (Wildman–Crippen LogP) is 2.11. The standard InChI is InChI=1S/C16H30N2O/c1-11-8-18(9-12(11)2)10-16(17)13-6-5-7-19-14(13)15(16,3)4/h11-14H,5-10,17H2,1-4H3. The first-order valence-electron chi connectivity index (χ1n) is 7.99. The molecule has 5 atom stereocenters. The largest absolute Gasteiger partial charge is 0.377 e. The Labute approximate surface area is 117 Å². The van der Waals surface area contributed by atoms with Crippen molar-refractivity contribution in [2.24, 2.45) is 28.9 Å². The lowest BCUT2D eigenvalue weighted by Gasteiger charge is -2.67. The van der Waals surface area contributed by atoms with Crippen LogP contribution in [0.25, 0.3) is 0 Å². The molecule has 2 aliphatic heterocycles. The Bertz CT molecular complexity index is 347. The van der Waals surface area contributed by atoms with Gasteiger partial charge in [0.2, 0.25) is 0 Å². The topological polar surface area (TPSA) is 38.5 Å². The van der Waals surface area contributed by atoms with Crippen molar-refractivity contribution >= 4 is 0 Å². The molecular formula is C16H30N2O. The van der Waals surface area contributed by atoms with Gasteiger partial charge in [-0.15, -0.1) is 0 Å². The number of ether oxygens (including phenoxy) is 1. The van der Waals surface area contributed by atoms with Gasteiger partial charge in [-0.3, -0.25) is 0 Å². The fourth-order valence-corrected chi connectivity index (χ4v) is 4.74. The number of nitrogens with zero attached hydrogens (tertiary/aromatic N) is 1. The van der Waals surface area contributed by atoms with Crippen LogP contribution < -0.4 is 5.73 Å². The number of hydrogen-bond acceptors (Lipinski definition) is 3. The molecule has 3 rings (SSSR count). The smallest absolute Gasteiger partial charge is 0.0690 e. The van der Waals surface area contributed by atoms with Crippen LogP contribution in [-0.2, 0) is 4.74 Å². The van der Waals surface area contributed by atoms with E-state index in [9.17, 15) is 0 Å². The van der Waals surface area contributed by atoms with Crippen molar-refractivity contribution in [2.45, 2.75) is 52.2 Å². The van der Waals surface area contributed by atoms with Gasteiger partial charge >= 0.3 is 0 Å². The van der Waals surface area contributed by atoms with E-state index in [0.717, 1.165) is 25.0 Å². The molecule has 2 saturated heterocycles. The summed E-state index contributed by atoms with van der Waals surface area (Å²) in [5.74, 6) is 2.19. The summed E-state index contributed by atoms with van der Waals surface area (Å²) in [4.78, 5) is 2.60. The normalized spacial score (nSPS) is 49.7. The zero-order valence-corrected chi connectivity index (χ0v) is 13.0. The van der Waals surface area contributed by atoms with E-state index in [1.165, 1.54) is 25.9 Å². The van der Waals surface area contributed by atoms with Crippen LogP contribution in [0.2, 0.25) is 0 Å². The fourth-order valence-electron chi connectivity index (χ4n) is 4.74. The van der Waals surface area contributed by atoms with Crippen LogP contribution in [0.4, 0.5) is 0 Å². The highest BCUT2D eigenvalue weighted by Gasteiger charge is 2.66. The van der Waals surface area contributed by atoms with E-state index in [2.05, 4.69) is 32.6 Å². The first-order chi connectivity index (χ1) is 8.86. The number of fused-ring (bicyclic) bond motifs is 1. The maximum atomic E-state index is 6.88. The van der Waals surface area contributed by atoms with Gasteiger partial charge in [-0.2, -0.15) is 0 Å². The SMILES string of the molecule is CC1CN(CC2(N)C3CCCOC3C2(C)C)CC1C. The van der Waals surface area contributed by atoms with Crippen LogP contribution >= 0.6 is 0 Å². The van der Waals surface area contributed by atoms with Crippen molar-refractivity contribution in [3.8, 4) is 0 Å². The van der Waals surface area contributed by atoms with Gasteiger partial charge in [-0.1, -0.05) is 27.7 Å². The van der Waals surface area contributed by atoms with Crippen LogP contribution in [0, 0.1) is 23.2 Å². The number of rotatable bonds is 2. The van der Waals surface area contributed by atoms with Gasteiger partial charge in [0.25, 0.3) is 0 Å². The summed E-state index contributed by atoms with van der Waals surface area (Å²) in [5.41, 5.74) is 6.95. The molecule has 0 spiro atoms. The lowest BCUT2D eigenvalue weighted by Crippen LogP contribution is -2.80. The second-order valence-corrected chi connectivity index (χ2v) is 7.95. The second-order valence-electron chi connectivity index (χ2n) is 7.95. The maximum Gasteiger partial charge on any atom is 0.0690 e. The molecule has 3 heteroatoms. The molecule has 0 radical (unpaired) electrons. The summed E-state index contributed by atoms with van der Waals surface area (Å²) in [7, 11) is 0. The third-order valence-electron chi connectivity index (χ3n) is 6.44. The quantitative estimate of drug-likeness (QED) is 0.832. The molecule has 5 unspecified atom stereocenters.